The second-order valence-electron chi connectivity index (χ2n) is 31.0. The van der Waals surface area contributed by atoms with Crippen molar-refractivity contribution in [1.82, 2.24) is 21.3 Å². The quantitative estimate of drug-likeness (QED) is 0.0306. The van der Waals surface area contributed by atoms with Crippen LogP contribution in [-0.2, 0) is 114 Å². The molecule has 0 unspecified atom stereocenters. The summed E-state index contributed by atoms with van der Waals surface area (Å²) in [4.78, 5) is 63.3. The van der Waals surface area contributed by atoms with Crippen LogP contribution in [0.2, 0.25) is 0 Å². The fourth-order valence-electron chi connectivity index (χ4n) is 15.8. The van der Waals surface area contributed by atoms with E-state index in [1.165, 1.54) is 6.92 Å². The van der Waals surface area contributed by atoms with E-state index >= 15 is 0 Å². The molecule has 0 spiro atoms. The lowest BCUT2D eigenvalue weighted by Crippen LogP contribution is -2.71. The lowest BCUT2D eigenvalue weighted by molar-refractivity contribution is -0.400. The summed E-state index contributed by atoms with van der Waals surface area (Å²) in [7, 11) is 0. The van der Waals surface area contributed by atoms with Gasteiger partial charge in [0.1, 0.15) is 232 Å². The van der Waals surface area contributed by atoms with Crippen LogP contribution in [0.3, 0.4) is 0 Å². The van der Waals surface area contributed by atoms with Gasteiger partial charge in [-0.1, -0.05) is 0 Å². The average molecular weight is 1800 g/mol. The number of carbonyl (C=O) groups is 5. The van der Waals surface area contributed by atoms with Gasteiger partial charge in [0.25, 0.3) is 0 Å². The number of carboxylic acid groups (broad SMARTS) is 1. The fraction of sp³-hybridized carbons (Fsp3) is 0.926. The molecule has 4 amide bonds. The molecule has 31 N–H and O–H groups in total. The minimum Gasteiger partial charge on any atom is -0.479 e. The number of amides is 4. The molecule has 0 aliphatic carbocycles. The van der Waals surface area contributed by atoms with Gasteiger partial charge in [-0.05, 0) is 6.92 Å². The van der Waals surface area contributed by atoms with Crippen LogP contribution < -0.4 is 21.3 Å². The van der Waals surface area contributed by atoms with E-state index in [0.29, 0.717) is 0 Å². The summed E-state index contributed by atoms with van der Waals surface area (Å²) in [6.07, 6.45) is -98.1. The van der Waals surface area contributed by atoms with E-state index in [9.17, 15) is 162 Å². The van der Waals surface area contributed by atoms with E-state index in [2.05, 4.69) is 21.3 Å². The average Bonchev–Trinajstić information content (AvgIpc) is 0.766. The maximum Gasteiger partial charge on any atom is 0.335 e. The standard InChI is InChI=1S/C68H112N4O51/c1-14-31(83)41(93)46(98)63(107-14)105-13-26-52(38(90)27(59(104)108-26)69-15(2)79)116-61-29(71-17(4)81)39(91)51(23(10-77)113-61)118-66-49(101)54(36(88)25(115-66)12-106-67-56(43(95)33(85)20(7-74)111-67)122-60-28(70-16(3)80)37(89)32(84)19(6-73)109-60)120-68-57(44(96)34(86)21(8-75)112-68)123-62-30(72-18(5)82)40(92)50(24(11-78)114-62)117-65-48(100)53(35(87)22(9-76)110-65)119-64-47(99)42(94)45(97)55(121-64)58(102)103/h14,19-57,59-68,73-78,83-101,104H,6-13H2,1-5H3,(H,69,79)(H,70,80)(H,71,81)(H,72,82)(H,102,103)/t14-,19+,20+,21+,22+,23+,24+,25+,26+,27+,28+,29+,30+,31+,32+,33+,34+,35-,36+,37+,38+,39+,40+,41+,42-,43-,44-,45-,46-,47+,48+,49-,50+,51+,52+,53-,54-,55-,56-,57-,59+,60-,61-,62-,63+,64+,65-,66-,67-,68+/m0/s1. The first-order chi connectivity index (χ1) is 58.0. The third kappa shape index (κ3) is 22.3. The second-order valence-corrected chi connectivity index (χ2v) is 31.0. The summed E-state index contributed by atoms with van der Waals surface area (Å²) in [5, 5.41) is 310. The third-order valence-electron chi connectivity index (χ3n) is 22.4. The smallest absolute Gasteiger partial charge is 0.335 e. The molecular weight excluding hydrogens is 1690 g/mol. The highest BCUT2D eigenvalue weighted by atomic mass is 16.8. The van der Waals surface area contributed by atoms with Crippen LogP contribution in [0.1, 0.15) is 34.6 Å². The Morgan fingerprint density at radius 3 is 1.02 bits per heavy atom. The first-order valence-electron chi connectivity index (χ1n) is 39.0. The Balaban J connectivity index is 0.971. The van der Waals surface area contributed by atoms with Gasteiger partial charge in [0.05, 0.1) is 59.0 Å². The lowest BCUT2D eigenvalue weighted by atomic mass is 9.93. The Hall–Kier alpha value is -4.45. The van der Waals surface area contributed by atoms with Gasteiger partial charge in [-0.25, -0.2) is 4.79 Å². The zero-order valence-corrected chi connectivity index (χ0v) is 65.9. The predicted octanol–water partition coefficient (Wildman–Crippen LogP) is -21.1. The summed E-state index contributed by atoms with van der Waals surface area (Å²) in [6.45, 7) is -4.03. The Kier molecular flexibility index (Phi) is 35.6. The van der Waals surface area contributed by atoms with E-state index in [1.807, 2.05) is 0 Å². The Morgan fingerprint density at radius 1 is 0.252 bits per heavy atom. The van der Waals surface area contributed by atoms with Crippen LogP contribution in [0.4, 0.5) is 0 Å². The van der Waals surface area contributed by atoms with Gasteiger partial charge in [-0.2, -0.15) is 0 Å². The lowest BCUT2D eigenvalue weighted by Gasteiger charge is -2.51. The number of aliphatic hydroxyl groups excluding tert-OH is 26. The second kappa shape index (κ2) is 43.5. The van der Waals surface area contributed by atoms with Crippen LogP contribution in [0, 0.1) is 0 Å². The number of nitrogens with one attached hydrogen (secondary N) is 4. The highest BCUT2D eigenvalue weighted by Gasteiger charge is 2.62. The van der Waals surface area contributed by atoms with Crippen molar-refractivity contribution in [3.05, 3.63) is 0 Å². The normalized spacial score (nSPS) is 49.4. The first-order valence-corrected chi connectivity index (χ1v) is 39.0. The highest BCUT2D eigenvalue weighted by molar-refractivity contribution is 5.75. The van der Waals surface area contributed by atoms with Gasteiger partial charge in [0, 0.05) is 27.7 Å². The van der Waals surface area contributed by atoms with Crippen LogP contribution in [0.5, 0.6) is 0 Å². The maximum atomic E-state index is 13.2. The zero-order valence-electron chi connectivity index (χ0n) is 65.9. The van der Waals surface area contributed by atoms with E-state index in [4.69, 9.17) is 90.0 Å². The number of carboxylic acids is 1. The van der Waals surface area contributed by atoms with Gasteiger partial charge in [0.2, 0.25) is 23.6 Å². The largest absolute Gasteiger partial charge is 0.479 e. The molecule has 10 aliphatic heterocycles. The van der Waals surface area contributed by atoms with Crippen molar-refractivity contribution in [2.75, 3.05) is 52.9 Å². The molecule has 10 aliphatic rings. The number of ether oxygens (including phenoxy) is 19. The molecule has 0 saturated carbocycles. The molecule has 0 aromatic carbocycles. The third-order valence-corrected chi connectivity index (χ3v) is 22.4. The van der Waals surface area contributed by atoms with Gasteiger partial charge >= 0.3 is 5.97 Å². The molecule has 55 heteroatoms. The van der Waals surface area contributed by atoms with Gasteiger partial charge in [-0.15, -0.1) is 0 Å². The maximum absolute atomic E-state index is 13.2. The van der Waals surface area contributed by atoms with Crippen LogP contribution in [0.25, 0.3) is 0 Å². The van der Waals surface area contributed by atoms with Crippen LogP contribution in [-0.4, -0.2) is 527 Å². The summed E-state index contributed by atoms with van der Waals surface area (Å²) < 4.78 is 112. The molecule has 0 aromatic heterocycles. The minimum atomic E-state index is -2.64. The topological polar surface area (TPSA) is 855 Å². The van der Waals surface area contributed by atoms with Gasteiger partial charge < -0.3 is 249 Å². The summed E-state index contributed by atoms with van der Waals surface area (Å²) in [6, 6.07) is -7.64. The van der Waals surface area contributed by atoms with Crippen LogP contribution >= 0.6 is 0 Å². The molecule has 0 bridgehead atoms. The summed E-state index contributed by atoms with van der Waals surface area (Å²) >= 11 is 0. The van der Waals surface area contributed by atoms with E-state index < -0.39 is 389 Å². The molecule has 710 valence electrons. The molecule has 10 heterocycles. The van der Waals surface area contributed by atoms with Crippen molar-refractivity contribution in [3.63, 3.8) is 0 Å². The molecule has 55 nitrogen and oxygen atoms in total. The fourth-order valence-corrected chi connectivity index (χ4v) is 15.8. The molecule has 10 saturated heterocycles. The Labute approximate surface area is 695 Å². The van der Waals surface area contributed by atoms with Crippen LogP contribution in [0.15, 0.2) is 0 Å². The number of carbonyl (C=O) groups excluding carboxylic acids is 4. The van der Waals surface area contributed by atoms with E-state index in [0.717, 1.165) is 27.7 Å². The van der Waals surface area contributed by atoms with Crippen molar-refractivity contribution < 1.29 is 252 Å². The molecule has 10 fully saturated rings. The van der Waals surface area contributed by atoms with E-state index in [-0.39, 0.29) is 0 Å². The minimum absolute atomic E-state index is 0.848. The predicted molar refractivity (Wildman–Crippen MR) is 375 cm³/mol. The van der Waals surface area contributed by atoms with Gasteiger partial charge in [0.15, 0.2) is 69.0 Å². The SMILES string of the molecule is CC(=O)N[C@@H]1[C@@H](O)[C@H](O[C@@H]2O[C@H](CO)[C@@H](O[C@@H]3O[C@H](CO[C@H]4O[C@H](CO)[C@@H](O)[C@H](O)[C@@H]4O[C@@H]4O[C@H](CO)[C@@H](O)[C@H](O)[C@H]4NC(C)=O)[C@@H](O)[C@H](O[C@H]4O[C@H](CO)[C@@H](O)[C@H](O)[C@@H]4O[C@@H]4O[C@H](CO)[C@@H](O[C@@H]5O[C@H](CO)[C@H](O)[C@H](O[C@@H]6O[C@H](C(=O)O)[C@@H](O)[C@H](O)[C@H]6O)[C@H]5O)[C@H](O)[C@H]4NC(C)=O)[C@@H]3O)[C@H](O)[C@H]2NC(C)=O)[C@@H](CO[C@@H]2O[C@@H](C)[C@@H](O)[C@@H](O)[C@@H]2O)O[C@H]1O. The van der Waals surface area contributed by atoms with Crippen molar-refractivity contribution >= 4 is 29.6 Å². The molecule has 50 atom stereocenters. The summed E-state index contributed by atoms with van der Waals surface area (Å²) in [5.41, 5.74) is 0. The Morgan fingerprint density at radius 2 is 0.561 bits per heavy atom. The van der Waals surface area contributed by atoms with Crippen molar-refractivity contribution in [2.24, 2.45) is 0 Å². The molecular formula is C68H112N4O51. The molecule has 0 radical (unpaired) electrons. The van der Waals surface area contributed by atoms with Crippen molar-refractivity contribution in [2.45, 2.75) is 341 Å². The molecule has 10 rings (SSSR count). The number of aliphatic hydroxyl groups is 26. The monoisotopic (exact) mass is 1800 g/mol. The van der Waals surface area contributed by atoms with Gasteiger partial charge in [-0.3, -0.25) is 19.2 Å². The number of aliphatic carboxylic acids is 1. The summed E-state index contributed by atoms with van der Waals surface area (Å²) in [5.74, 6) is -5.62. The molecule has 0 aromatic rings. The van der Waals surface area contributed by atoms with Crippen molar-refractivity contribution in [3.8, 4) is 0 Å². The number of rotatable bonds is 31. The number of hydrogen-bond acceptors (Lipinski definition) is 50. The van der Waals surface area contributed by atoms with Crippen molar-refractivity contribution in [1.29, 1.82) is 0 Å². The highest BCUT2D eigenvalue weighted by Crippen LogP contribution is 2.41. The molecule has 123 heavy (non-hydrogen) atoms. The Bertz CT molecular complexity index is 3380. The van der Waals surface area contributed by atoms with E-state index in [1.54, 1.807) is 0 Å². The zero-order chi connectivity index (χ0) is 90.7. The first kappa shape index (κ1) is 101. The number of hydrogen-bond donors (Lipinski definition) is 31.